The summed E-state index contributed by atoms with van der Waals surface area (Å²) in [6.45, 7) is 8.08. The van der Waals surface area contributed by atoms with Crippen molar-refractivity contribution in [3.63, 3.8) is 0 Å². The van der Waals surface area contributed by atoms with Gasteiger partial charge in [0.15, 0.2) is 0 Å². The van der Waals surface area contributed by atoms with E-state index >= 15 is 0 Å². The van der Waals surface area contributed by atoms with Gasteiger partial charge in [-0.05, 0) is 45.1 Å². The Hall–Kier alpha value is -0.120. The fraction of sp³-hybridized carbons (Fsp3) is 1.00. The number of nitrogens with one attached hydrogen (secondary N) is 1. The van der Waals surface area contributed by atoms with Crippen LogP contribution in [-0.2, 0) is 4.74 Å². The van der Waals surface area contributed by atoms with Crippen LogP contribution in [0.5, 0.6) is 0 Å². The van der Waals surface area contributed by atoms with Gasteiger partial charge >= 0.3 is 0 Å². The molecule has 3 fully saturated rings. The predicted molar refractivity (Wildman–Crippen MR) is 87.7 cm³/mol. The Labute approximate surface area is 130 Å². The average molecular weight is 294 g/mol. The Morgan fingerprint density at radius 2 is 1.90 bits per heavy atom. The molecule has 1 aliphatic carbocycles. The SMILES string of the molecule is CC(C)NCC1CCCN1CC1CCC2(CCCCC2)O1. The lowest BCUT2D eigenvalue weighted by molar-refractivity contribution is -0.0726. The van der Waals surface area contributed by atoms with E-state index in [0.717, 1.165) is 12.6 Å². The molecule has 1 spiro atoms. The first-order valence-electron chi connectivity index (χ1n) is 9.32. The van der Waals surface area contributed by atoms with Gasteiger partial charge in [0.05, 0.1) is 11.7 Å². The van der Waals surface area contributed by atoms with Crippen LogP contribution >= 0.6 is 0 Å². The first kappa shape index (κ1) is 15.8. The quantitative estimate of drug-likeness (QED) is 0.842. The summed E-state index contributed by atoms with van der Waals surface area (Å²) in [5, 5.41) is 3.62. The van der Waals surface area contributed by atoms with Crippen LogP contribution in [0.1, 0.15) is 71.6 Å². The molecule has 2 unspecified atom stereocenters. The molecule has 0 aromatic carbocycles. The van der Waals surface area contributed by atoms with Crippen molar-refractivity contribution in [1.29, 1.82) is 0 Å². The maximum atomic E-state index is 6.56. The molecule has 1 N–H and O–H groups in total. The van der Waals surface area contributed by atoms with Crippen molar-refractivity contribution in [2.45, 2.75) is 95.4 Å². The summed E-state index contributed by atoms with van der Waals surface area (Å²) in [5.74, 6) is 0. The number of likely N-dealkylation sites (tertiary alicyclic amines) is 1. The lowest BCUT2D eigenvalue weighted by atomic mass is 9.83. The van der Waals surface area contributed by atoms with Crippen LogP contribution in [0, 0.1) is 0 Å². The van der Waals surface area contributed by atoms with Crippen LogP contribution in [-0.4, -0.2) is 48.3 Å². The van der Waals surface area contributed by atoms with Crippen LogP contribution < -0.4 is 5.32 Å². The molecule has 0 radical (unpaired) electrons. The summed E-state index contributed by atoms with van der Waals surface area (Å²) in [6, 6.07) is 1.33. The van der Waals surface area contributed by atoms with Gasteiger partial charge in [0.25, 0.3) is 0 Å². The monoisotopic (exact) mass is 294 g/mol. The topological polar surface area (TPSA) is 24.5 Å². The van der Waals surface area contributed by atoms with Crippen molar-refractivity contribution in [3.8, 4) is 0 Å². The molecule has 3 heteroatoms. The Kier molecular flexibility index (Phi) is 5.23. The van der Waals surface area contributed by atoms with E-state index in [4.69, 9.17) is 4.74 Å². The van der Waals surface area contributed by atoms with Gasteiger partial charge in [-0.25, -0.2) is 0 Å². The summed E-state index contributed by atoms with van der Waals surface area (Å²) in [6.07, 6.45) is 12.7. The number of nitrogens with zero attached hydrogens (tertiary/aromatic N) is 1. The highest BCUT2D eigenvalue weighted by atomic mass is 16.5. The standard InChI is InChI=1S/C18H34N2O/c1-15(2)19-13-16-7-6-12-20(16)14-17-8-11-18(21-17)9-4-3-5-10-18/h15-17,19H,3-14H2,1-2H3. The van der Waals surface area contributed by atoms with Gasteiger partial charge in [-0.2, -0.15) is 0 Å². The summed E-state index contributed by atoms with van der Waals surface area (Å²) in [5.41, 5.74) is 0.286. The molecule has 0 aromatic rings. The Balaban J connectivity index is 1.47. The highest BCUT2D eigenvalue weighted by Crippen LogP contribution is 2.42. The maximum Gasteiger partial charge on any atom is 0.0710 e. The molecular formula is C18H34N2O. The lowest BCUT2D eigenvalue weighted by Gasteiger charge is -2.34. The fourth-order valence-electron chi connectivity index (χ4n) is 4.59. The van der Waals surface area contributed by atoms with Crippen LogP contribution in [0.3, 0.4) is 0 Å². The molecule has 3 rings (SSSR count). The predicted octanol–water partition coefficient (Wildman–Crippen LogP) is 3.33. The average Bonchev–Trinajstić information content (AvgIpc) is 3.06. The van der Waals surface area contributed by atoms with E-state index in [9.17, 15) is 0 Å². The van der Waals surface area contributed by atoms with Crippen LogP contribution in [0.2, 0.25) is 0 Å². The van der Waals surface area contributed by atoms with Gasteiger partial charge < -0.3 is 10.1 Å². The molecule has 1 saturated carbocycles. The summed E-state index contributed by atoms with van der Waals surface area (Å²) in [4.78, 5) is 2.70. The Bertz CT molecular complexity index is 325. The largest absolute Gasteiger partial charge is 0.370 e. The molecular weight excluding hydrogens is 260 g/mol. The Morgan fingerprint density at radius 1 is 1.10 bits per heavy atom. The lowest BCUT2D eigenvalue weighted by Crippen LogP contribution is -2.43. The van der Waals surface area contributed by atoms with Crippen molar-refractivity contribution < 1.29 is 4.74 Å². The van der Waals surface area contributed by atoms with Crippen molar-refractivity contribution in [1.82, 2.24) is 10.2 Å². The van der Waals surface area contributed by atoms with Crippen LogP contribution in [0.15, 0.2) is 0 Å². The van der Waals surface area contributed by atoms with E-state index in [2.05, 4.69) is 24.1 Å². The van der Waals surface area contributed by atoms with Gasteiger partial charge in [0.2, 0.25) is 0 Å². The smallest absolute Gasteiger partial charge is 0.0710 e. The van der Waals surface area contributed by atoms with E-state index in [0.29, 0.717) is 12.1 Å². The molecule has 0 amide bonds. The second-order valence-electron chi connectivity index (χ2n) is 7.88. The molecule has 2 atom stereocenters. The van der Waals surface area contributed by atoms with Gasteiger partial charge in [-0.3, -0.25) is 4.90 Å². The number of hydrogen-bond acceptors (Lipinski definition) is 3. The van der Waals surface area contributed by atoms with Crippen LogP contribution in [0.25, 0.3) is 0 Å². The van der Waals surface area contributed by atoms with Gasteiger partial charge in [0, 0.05) is 25.2 Å². The van der Waals surface area contributed by atoms with E-state index in [1.165, 1.54) is 70.9 Å². The zero-order chi connectivity index (χ0) is 14.7. The molecule has 3 nitrogen and oxygen atoms in total. The first-order valence-corrected chi connectivity index (χ1v) is 9.32. The van der Waals surface area contributed by atoms with E-state index in [1.54, 1.807) is 0 Å². The second kappa shape index (κ2) is 6.97. The number of ether oxygens (including phenoxy) is 1. The second-order valence-corrected chi connectivity index (χ2v) is 7.88. The van der Waals surface area contributed by atoms with Crippen molar-refractivity contribution in [2.75, 3.05) is 19.6 Å². The van der Waals surface area contributed by atoms with E-state index in [-0.39, 0.29) is 5.60 Å². The van der Waals surface area contributed by atoms with Crippen LogP contribution in [0.4, 0.5) is 0 Å². The minimum absolute atomic E-state index is 0.286. The third-order valence-electron chi connectivity index (χ3n) is 5.80. The van der Waals surface area contributed by atoms with Crippen molar-refractivity contribution in [3.05, 3.63) is 0 Å². The molecule has 3 aliphatic rings. The molecule has 0 bridgehead atoms. The molecule has 122 valence electrons. The maximum absolute atomic E-state index is 6.56. The highest BCUT2D eigenvalue weighted by Gasteiger charge is 2.41. The molecule has 21 heavy (non-hydrogen) atoms. The molecule has 2 heterocycles. The first-order chi connectivity index (χ1) is 10.2. The van der Waals surface area contributed by atoms with Gasteiger partial charge in [-0.1, -0.05) is 33.1 Å². The third kappa shape index (κ3) is 4.00. The van der Waals surface area contributed by atoms with Crippen molar-refractivity contribution >= 4 is 0 Å². The van der Waals surface area contributed by atoms with Crippen molar-refractivity contribution in [2.24, 2.45) is 0 Å². The molecule has 2 saturated heterocycles. The summed E-state index contributed by atoms with van der Waals surface area (Å²) >= 11 is 0. The number of rotatable bonds is 5. The Morgan fingerprint density at radius 3 is 2.67 bits per heavy atom. The minimum Gasteiger partial charge on any atom is -0.370 e. The zero-order valence-electron chi connectivity index (χ0n) is 14.1. The normalized spacial score (nSPS) is 33.3. The molecule has 2 aliphatic heterocycles. The third-order valence-corrected chi connectivity index (χ3v) is 5.80. The summed E-state index contributed by atoms with van der Waals surface area (Å²) < 4.78 is 6.56. The van der Waals surface area contributed by atoms with Gasteiger partial charge in [0.1, 0.15) is 0 Å². The van der Waals surface area contributed by atoms with E-state index < -0.39 is 0 Å². The highest BCUT2D eigenvalue weighted by molar-refractivity contribution is 4.93. The fourth-order valence-corrected chi connectivity index (χ4v) is 4.59. The van der Waals surface area contributed by atoms with Gasteiger partial charge in [-0.15, -0.1) is 0 Å². The summed E-state index contributed by atoms with van der Waals surface area (Å²) in [7, 11) is 0. The number of hydrogen-bond donors (Lipinski definition) is 1. The molecule has 0 aromatic heterocycles. The minimum atomic E-state index is 0.286. The zero-order valence-corrected chi connectivity index (χ0v) is 14.1. The van der Waals surface area contributed by atoms with E-state index in [1.807, 2.05) is 0 Å².